The van der Waals surface area contributed by atoms with Crippen molar-refractivity contribution in [2.24, 2.45) is 0 Å². The van der Waals surface area contributed by atoms with Crippen molar-refractivity contribution in [2.45, 2.75) is 24.8 Å². The fourth-order valence-electron chi connectivity index (χ4n) is 2.91. The Labute approximate surface area is 168 Å². The van der Waals surface area contributed by atoms with Gasteiger partial charge in [0.1, 0.15) is 18.4 Å². The molecule has 0 fully saturated rings. The number of ether oxygens (including phenoxy) is 1. The van der Waals surface area contributed by atoms with Crippen LogP contribution in [0.2, 0.25) is 0 Å². The molecule has 0 bridgehead atoms. The maximum Gasteiger partial charge on any atom is 0.407 e. The number of hydrogen-bond acceptors (Lipinski definition) is 4. The Bertz CT molecular complexity index is 772. The summed E-state index contributed by atoms with van der Waals surface area (Å²) in [5, 5.41) is 11.6. The molecule has 1 aliphatic rings. The topological polar surface area (TPSA) is 98.7 Å². The molecule has 1 aromatic rings. The molecule has 0 saturated carbocycles. The predicted octanol–water partition coefficient (Wildman–Crippen LogP) is 3.25. The highest BCUT2D eigenvalue weighted by Crippen LogP contribution is 2.30. The van der Waals surface area contributed by atoms with Crippen LogP contribution in [0.3, 0.4) is 0 Å². The van der Waals surface area contributed by atoms with E-state index in [0.29, 0.717) is 6.42 Å². The summed E-state index contributed by atoms with van der Waals surface area (Å²) in [7, 11) is 0. The lowest BCUT2D eigenvalue weighted by Gasteiger charge is -2.20. The van der Waals surface area contributed by atoms with E-state index in [4.69, 9.17) is 4.74 Å². The van der Waals surface area contributed by atoms with E-state index in [1.54, 1.807) is 0 Å². The average molecular weight is 404 g/mol. The highest BCUT2D eigenvalue weighted by molar-refractivity contribution is 7.90. The first-order chi connectivity index (χ1) is 13.4. The number of carboxylic acid groups (broad SMARTS) is 1. The van der Waals surface area contributed by atoms with Gasteiger partial charge in [0.2, 0.25) is 0 Å². The van der Waals surface area contributed by atoms with Gasteiger partial charge in [0, 0.05) is 12.3 Å². The molecule has 28 heavy (non-hydrogen) atoms. The zero-order chi connectivity index (χ0) is 20.5. The van der Waals surface area contributed by atoms with E-state index in [9.17, 15) is 19.2 Å². The van der Waals surface area contributed by atoms with E-state index < -0.39 is 29.3 Å². The fraction of sp³-hybridized carbons (Fsp3) is 0.333. The summed E-state index contributed by atoms with van der Waals surface area (Å²) in [5.41, 5.74) is 2.88. The molecular formula is C21H25NO5S. The van der Waals surface area contributed by atoms with Gasteiger partial charge in [-0.15, -0.1) is 0 Å². The van der Waals surface area contributed by atoms with Crippen molar-refractivity contribution >= 4 is 28.8 Å². The molecule has 3 atom stereocenters. The van der Waals surface area contributed by atoms with Crippen molar-refractivity contribution in [2.75, 3.05) is 18.6 Å². The largest absolute Gasteiger partial charge is 0.617 e. The maximum atomic E-state index is 12.1. The predicted molar refractivity (Wildman–Crippen MR) is 111 cm³/mol. The Morgan fingerprint density at radius 3 is 2.86 bits per heavy atom. The minimum Gasteiger partial charge on any atom is -0.617 e. The molecule has 0 aliphatic heterocycles. The van der Waals surface area contributed by atoms with E-state index in [1.807, 2.05) is 48.6 Å². The highest BCUT2D eigenvalue weighted by Gasteiger charge is 2.23. The van der Waals surface area contributed by atoms with E-state index in [2.05, 4.69) is 11.9 Å². The van der Waals surface area contributed by atoms with Crippen LogP contribution in [-0.4, -0.2) is 46.4 Å². The van der Waals surface area contributed by atoms with Crippen molar-refractivity contribution in [3.05, 3.63) is 66.3 Å². The summed E-state index contributed by atoms with van der Waals surface area (Å²) in [6.45, 7) is 4.19. The van der Waals surface area contributed by atoms with Crippen LogP contribution >= 0.6 is 0 Å². The van der Waals surface area contributed by atoms with Crippen molar-refractivity contribution in [1.29, 1.82) is 0 Å². The first-order valence-corrected chi connectivity index (χ1v) is 10.7. The molecule has 1 aliphatic carbocycles. The zero-order valence-electron chi connectivity index (χ0n) is 15.8. The van der Waals surface area contributed by atoms with Gasteiger partial charge in [0.15, 0.2) is 0 Å². The summed E-state index contributed by atoms with van der Waals surface area (Å²) in [4.78, 5) is 23.4. The molecule has 1 amide bonds. The van der Waals surface area contributed by atoms with Crippen LogP contribution < -0.4 is 5.32 Å². The van der Waals surface area contributed by atoms with Gasteiger partial charge in [-0.25, -0.2) is 9.59 Å². The summed E-state index contributed by atoms with van der Waals surface area (Å²) in [6, 6.07) is 6.69. The van der Waals surface area contributed by atoms with Gasteiger partial charge >= 0.3 is 12.1 Å². The second kappa shape index (κ2) is 10.7. The number of amides is 1. The Morgan fingerprint density at radius 1 is 1.39 bits per heavy atom. The van der Waals surface area contributed by atoms with Crippen LogP contribution in [0.25, 0.3) is 5.57 Å². The van der Waals surface area contributed by atoms with Crippen molar-refractivity contribution in [3.8, 4) is 0 Å². The van der Waals surface area contributed by atoms with E-state index in [0.717, 1.165) is 16.7 Å². The number of fused-ring (bicyclic) bond motifs is 1. The third-order valence-electron chi connectivity index (χ3n) is 4.41. The Balaban J connectivity index is 2.04. The lowest BCUT2D eigenvalue weighted by molar-refractivity contribution is -0.139. The van der Waals surface area contributed by atoms with Gasteiger partial charge in [-0.1, -0.05) is 66.3 Å². The second-order valence-corrected chi connectivity index (χ2v) is 8.09. The smallest absolute Gasteiger partial charge is 0.407 e. The lowest BCUT2D eigenvalue weighted by atomic mass is 9.89. The Hall–Kier alpha value is -2.51. The summed E-state index contributed by atoms with van der Waals surface area (Å²) in [6.07, 6.45) is 9.21. The minimum atomic E-state index is -1.18. The molecule has 1 aromatic carbocycles. The molecule has 0 aromatic heterocycles. The van der Waals surface area contributed by atoms with E-state index >= 15 is 0 Å². The van der Waals surface area contributed by atoms with E-state index in [1.165, 1.54) is 6.26 Å². The Morgan fingerprint density at radius 2 is 2.14 bits per heavy atom. The molecule has 0 heterocycles. The summed E-state index contributed by atoms with van der Waals surface area (Å²) >= 11 is -1.14. The molecule has 2 unspecified atom stereocenters. The van der Waals surface area contributed by atoms with Gasteiger partial charge in [-0.05, 0) is 23.1 Å². The minimum absolute atomic E-state index is 0.0774. The van der Waals surface area contributed by atoms with Gasteiger partial charge in [0.25, 0.3) is 0 Å². The lowest BCUT2D eigenvalue weighted by Crippen LogP contribution is -2.42. The molecule has 2 N–H and O–H groups in total. The monoisotopic (exact) mass is 403 g/mol. The number of carbonyl (C=O) groups is 2. The standard InChI is InChI=1S/C21H25NO5S/c1-15-8-4-3-5-9-16(18-11-7-6-10-17(15)18)14-27-21(25)22-19(20(23)24)12-13-28(2)26/h3-8,10-11,16,19H,1,9,12-14H2,2H3,(H,22,25)(H,23,24)/b5-3-,8-4-/t16?,19-,28?/m0/s1. The quantitative estimate of drug-likeness (QED) is 0.681. The summed E-state index contributed by atoms with van der Waals surface area (Å²) < 4.78 is 16.5. The molecule has 0 spiro atoms. The van der Waals surface area contributed by atoms with Crippen LogP contribution in [0.4, 0.5) is 4.79 Å². The SMILES string of the molecule is C=C1/C=C\C=C/CC(COC(=O)N[C@@H](CC[S+](C)[O-])C(=O)O)c2ccccc21. The molecule has 150 valence electrons. The van der Waals surface area contributed by atoms with Crippen molar-refractivity contribution in [1.82, 2.24) is 5.32 Å². The van der Waals surface area contributed by atoms with Crippen LogP contribution in [0.15, 0.2) is 55.1 Å². The number of aliphatic carboxylic acids is 1. The second-order valence-electron chi connectivity index (χ2n) is 6.53. The van der Waals surface area contributed by atoms with Gasteiger partial charge in [-0.3, -0.25) is 0 Å². The highest BCUT2D eigenvalue weighted by atomic mass is 32.2. The number of nitrogens with one attached hydrogen (secondary N) is 1. The third-order valence-corrected chi connectivity index (χ3v) is 5.22. The first-order valence-electron chi connectivity index (χ1n) is 8.96. The maximum absolute atomic E-state index is 12.1. The molecule has 7 heteroatoms. The normalized spacial score (nSPS) is 20.5. The average Bonchev–Trinajstić information content (AvgIpc) is 2.73. The molecule has 0 saturated heterocycles. The fourth-order valence-corrected chi connectivity index (χ4v) is 3.48. The number of benzene rings is 1. The Kier molecular flexibility index (Phi) is 8.35. The van der Waals surface area contributed by atoms with Gasteiger partial charge < -0.3 is 19.7 Å². The molecule has 2 rings (SSSR count). The molecular weight excluding hydrogens is 378 g/mol. The summed E-state index contributed by atoms with van der Waals surface area (Å²) in [5.74, 6) is -1.07. The number of alkyl carbamates (subject to hydrolysis) is 1. The number of hydrogen-bond donors (Lipinski definition) is 2. The van der Waals surface area contributed by atoms with Crippen LogP contribution in [0, 0.1) is 0 Å². The first kappa shape index (κ1) is 21.8. The van der Waals surface area contributed by atoms with Crippen LogP contribution in [0.5, 0.6) is 0 Å². The third kappa shape index (κ3) is 6.58. The van der Waals surface area contributed by atoms with Gasteiger partial charge in [0.05, 0.1) is 6.26 Å². The van der Waals surface area contributed by atoms with Crippen molar-refractivity contribution in [3.63, 3.8) is 0 Å². The zero-order valence-corrected chi connectivity index (χ0v) is 16.6. The van der Waals surface area contributed by atoms with E-state index in [-0.39, 0.29) is 24.7 Å². The number of allylic oxidation sites excluding steroid dienone is 5. The number of rotatable bonds is 7. The number of carbonyl (C=O) groups excluding carboxylic acids is 1. The van der Waals surface area contributed by atoms with Gasteiger partial charge in [-0.2, -0.15) is 0 Å². The van der Waals surface area contributed by atoms with Crippen LogP contribution in [-0.2, 0) is 20.7 Å². The van der Waals surface area contributed by atoms with Crippen molar-refractivity contribution < 1.29 is 24.0 Å². The molecule has 6 nitrogen and oxygen atoms in total. The van der Waals surface area contributed by atoms with Crippen LogP contribution in [0.1, 0.15) is 29.9 Å². The molecule has 0 radical (unpaired) electrons. The number of carboxylic acids is 1.